The second kappa shape index (κ2) is 7.09. The number of rotatable bonds is 6. The van der Waals surface area contributed by atoms with E-state index in [0.717, 1.165) is 5.56 Å². The summed E-state index contributed by atoms with van der Waals surface area (Å²) in [6.45, 7) is -0.0477. The van der Waals surface area contributed by atoms with Gasteiger partial charge in [-0.3, -0.25) is 4.98 Å². The lowest BCUT2D eigenvalue weighted by Crippen LogP contribution is -2.33. The Hall–Kier alpha value is -2.28. The first-order chi connectivity index (χ1) is 11.6. The van der Waals surface area contributed by atoms with Gasteiger partial charge in [-0.25, -0.2) is 13.1 Å². The molecule has 6 heteroatoms. The molecule has 0 bridgehead atoms. The summed E-state index contributed by atoms with van der Waals surface area (Å²) in [6, 6.07) is 17.8. The first-order valence-electron chi connectivity index (χ1n) is 7.62. The molecule has 3 rings (SSSR count). The minimum Gasteiger partial charge on any atom is -0.391 e. The van der Waals surface area contributed by atoms with E-state index >= 15 is 0 Å². The monoisotopic (exact) mass is 342 g/mol. The van der Waals surface area contributed by atoms with Gasteiger partial charge in [0, 0.05) is 18.1 Å². The van der Waals surface area contributed by atoms with Crippen molar-refractivity contribution in [2.75, 3.05) is 6.54 Å². The third kappa shape index (κ3) is 3.79. The molecule has 0 radical (unpaired) electrons. The molecule has 2 N–H and O–H groups in total. The van der Waals surface area contributed by atoms with Crippen molar-refractivity contribution in [1.82, 2.24) is 9.71 Å². The van der Waals surface area contributed by atoms with Crippen LogP contribution < -0.4 is 4.72 Å². The lowest BCUT2D eigenvalue weighted by atomic mass is 10.1. The number of hydrogen-bond acceptors (Lipinski definition) is 4. The number of nitrogens with one attached hydrogen (secondary N) is 1. The van der Waals surface area contributed by atoms with E-state index in [2.05, 4.69) is 9.71 Å². The normalized spacial score (nSPS) is 13.0. The Morgan fingerprint density at radius 3 is 2.58 bits per heavy atom. The van der Waals surface area contributed by atoms with Gasteiger partial charge in [0.05, 0.1) is 16.5 Å². The van der Waals surface area contributed by atoms with Gasteiger partial charge in [-0.15, -0.1) is 0 Å². The molecule has 0 aliphatic carbocycles. The molecule has 0 aliphatic heterocycles. The number of aromatic nitrogens is 1. The van der Waals surface area contributed by atoms with Gasteiger partial charge in [0.25, 0.3) is 0 Å². The van der Waals surface area contributed by atoms with E-state index in [-0.39, 0.29) is 11.4 Å². The van der Waals surface area contributed by atoms with Crippen LogP contribution >= 0.6 is 0 Å². The van der Waals surface area contributed by atoms with Gasteiger partial charge in [0.1, 0.15) is 0 Å². The molecule has 0 saturated carbocycles. The lowest BCUT2D eigenvalue weighted by Gasteiger charge is -2.13. The summed E-state index contributed by atoms with van der Waals surface area (Å²) in [7, 11) is -3.72. The molecular formula is C18H18N2O3S. The van der Waals surface area contributed by atoms with Crippen LogP contribution in [0.4, 0.5) is 0 Å². The highest BCUT2D eigenvalue weighted by atomic mass is 32.2. The Labute approximate surface area is 141 Å². The number of aliphatic hydroxyl groups is 1. The quantitative estimate of drug-likeness (QED) is 0.719. The van der Waals surface area contributed by atoms with Crippen LogP contribution in [0, 0.1) is 0 Å². The molecule has 1 heterocycles. The van der Waals surface area contributed by atoms with E-state index in [0.29, 0.717) is 17.3 Å². The highest BCUT2D eigenvalue weighted by molar-refractivity contribution is 7.89. The topological polar surface area (TPSA) is 79.3 Å². The van der Waals surface area contributed by atoms with Crippen molar-refractivity contribution >= 4 is 20.9 Å². The number of nitrogens with zero attached hydrogens (tertiary/aromatic N) is 1. The summed E-state index contributed by atoms with van der Waals surface area (Å²) in [5.74, 6) is 0. The SMILES string of the molecule is O=S(=O)(NC[C@@H](O)Cc1ccccc1)c1cccc2ncccc12. The van der Waals surface area contributed by atoms with Crippen LogP contribution in [-0.2, 0) is 16.4 Å². The molecule has 0 saturated heterocycles. The molecule has 0 spiro atoms. The summed E-state index contributed by atoms with van der Waals surface area (Å²) >= 11 is 0. The van der Waals surface area contributed by atoms with Gasteiger partial charge in [-0.1, -0.05) is 36.4 Å². The smallest absolute Gasteiger partial charge is 0.241 e. The van der Waals surface area contributed by atoms with Crippen molar-refractivity contribution in [3.8, 4) is 0 Å². The summed E-state index contributed by atoms with van der Waals surface area (Å²) < 4.78 is 27.6. The van der Waals surface area contributed by atoms with Gasteiger partial charge in [0.15, 0.2) is 0 Å². The van der Waals surface area contributed by atoms with Crippen molar-refractivity contribution < 1.29 is 13.5 Å². The fourth-order valence-electron chi connectivity index (χ4n) is 2.55. The number of aliphatic hydroxyl groups excluding tert-OH is 1. The zero-order valence-corrected chi connectivity index (χ0v) is 13.8. The van der Waals surface area contributed by atoms with Crippen LogP contribution in [-0.4, -0.2) is 31.2 Å². The minimum atomic E-state index is -3.72. The summed E-state index contributed by atoms with van der Waals surface area (Å²) in [4.78, 5) is 4.33. The zero-order valence-electron chi connectivity index (χ0n) is 13.0. The lowest BCUT2D eigenvalue weighted by molar-refractivity contribution is 0.179. The maximum absolute atomic E-state index is 12.6. The average molecular weight is 342 g/mol. The molecule has 0 unspecified atom stereocenters. The number of benzene rings is 2. The van der Waals surface area contributed by atoms with Gasteiger partial charge < -0.3 is 5.11 Å². The number of hydrogen-bond donors (Lipinski definition) is 2. The zero-order chi connectivity index (χ0) is 17.0. The Morgan fingerprint density at radius 2 is 1.79 bits per heavy atom. The van der Waals surface area contributed by atoms with Crippen LogP contribution in [0.3, 0.4) is 0 Å². The minimum absolute atomic E-state index is 0.0477. The second-order valence-electron chi connectivity index (χ2n) is 5.52. The van der Waals surface area contributed by atoms with E-state index in [4.69, 9.17) is 0 Å². The van der Waals surface area contributed by atoms with Crippen LogP contribution in [0.15, 0.2) is 71.8 Å². The van der Waals surface area contributed by atoms with Crippen molar-refractivity contribution in [2.45, 2.75) is 17.4 Å². The molecule has 24 heavy (non-hydrogen) atoms. The van der Waals surface area contributed by atoms with Gasteiger partial charge >= 0.3 is 0 Å². The van der Waals surface area contributed by atoms with E-state index in [1.54, 1.807) is 30.5 Å². The van der Waals surface area contributed by atoms with E-state index in [1.165, 1.54) is 6.07 Å². The van der Waals surface area contributed by atoms with Crippen LogP contribution in [0.5, 0.6) is 0 Å². The first-order valence-corrected chi connectivity index (χ1v) is 9.10. The van der Waals surface area contributed by atoms with Crippen molar-refractivity contribution in [2.24, 2.45) is 0 Å². The standard InChI is InChI=1S/C18H18N2O3S/c21-15(12-14-6-2-1-3-7-14)13-20-24(22,23)18-10-4-9-17-16(18)8-5-11-19-17/h1-11,15,20-21H,12-13H2/t15-/m0/s1. The van der Waals surface area contributed by atoms with Gasteiger partial charge in [0.2, 0.25) is 10.0 Å². The molecule has 0 fully saturated rings. The molecule has 1 aromatic heterocycles. The summed E-state index contributed by atoms with van der Waals surface area (Å²) in [5, 5.41) is 10.6. The second-order valence-corrected chi connectivity index (χ2v) is 7.26. The first kappa shape index (κ1) is 16.6. The molecular weight excluding hydrogens is 324 g/mol. The van der Waals surface area contributed by atoms with E-state index in [1.807, 2.05) is 30.3 Å². The highest BCUT2D eigenvalue weighted by Gasteiger charge is 2.18. The molecule has 0 aliphatic rings. The Bertz CT molecular complexity index is 922. The number of sulfonamides is 1. The highest BCUT2D eigenvalue weighted by Crippen LogP contribution is 2.20. The van der Waals surface area contributed by atoms with Crippen LogP contribution in [0.25, 0.3) is 10.9 Å². The van der Waals surface area contributed by atoms with Crippen LogP contribution in [0.1, 0.15) is 5.56 Å². The Balaban J connectivity index is 1.74. The summed E-state index contributed by atoms with van der Waals surface area (Å²) in [5.41, 5.74) is 1.57. The summed E-state index contributed by atoms with van der Waals surface area (Å²) in [6.07, 6.45) is 1.21. The van der Waals surface area contributed by atoms with Crippen LogP contribution in [0.2, 0.25) is 0 Å². The van der Waals surface area contributed by atoms with Crippen molar-refractivity contribution in [3.63, 3.8) is 0 Å². The van der Waals surface area contributed by atoms with E-state index in [9.17, 15) is 13.5 Å². The fraction of sp³-hybridized carbons (Fsp3) is 0.167. The number of pyridine rings is 1. The molecule has 0 amide bonds. The molecule has 3 aromatic rings. The predicted molar refractivity (Wildman–Crippen MR) is 93.1 cm³/mol. The predicted octanol–water partition coefficient (Wildman–Crippen LogP) is 2.12. The van der Waals surface area contributed by atoms with Crippen molar-refractivity contribution in [1.29, 1.82) is 0 Å². The number of fused-ring (bicyclic) bond motifs is 1. The molecule has 2 aromatic carbocycles. The third-order valence-electron chi connectivity index (χ3n) is 3.72. The average Bonchev–Trinajstić information content (AvgIpc) is 2.60. The largest absolute Gasteiger partial charge is 0.391 e. The maximum Gasteiger partial charge on any atom is 0.241 e. The van der Waals surface area contributed by atoms with Gasteiger partial charge in [-0.2, -0.15) is 0 Å². The van der Waals surface area contributed by atoms with Crippen molar-refractivity contribution in [3.05, 3.63) is 72.4 Å². The van der Waals surface area contributed by atoms with E-state index < -0.39 is 16.1 Å². The molecule has 5 nitrogen and oxygen atoms in total. The third-order valence-corrected chi connectivity index (χ3v) is 5.20. The Morgan fingerprint density at radius 1 is 1.00 bits per heavy atom. The maximum atomic E-state index is 12.6. The fourth-order valence-corrected chi connectivity index (χ4v) is 3.84. The molecule has 124 valence electrons. The molecule has 1 atom stereocenters. The Kier molecular flexibility index (Phi) is 4.89. The van der Waals surface area contributed by atoms with Gasteiger partial charge in [-0.05, 0) is 36.2 Å².